The Morgan fingerprint density at radius 2 is 2.06 bits per heavy atom. The van der Waals surface area contributed by atoms with Crippen molar-refractivity contribution in [3.8, 4) is 0 Å². The second kappa shape index (κ2) is 6.15. The fraction of sp³-hybridized carbons (Fsp3) is 0.273. The third kappa shape index (κ3) is 4.36. The molecular weight excluding hydrogens is 241 g/mol. The van der Waals surface area contributed by atoms with Gasteiger partial charge in [0.05, 0.1) is 11.0 Å². The zero-order valence-electron chi connectivity index (χ0n) is 9.37. The van der Waals surface area contributed by atoms with Crippen molar-refractivity contribution in [1.82, 2.24) is 5.32 Å². The van der Waals surface area contributed by atoms with Crippen molar-refractivity contribution in [1.29, 1.82) is 0 Å². The van der Waals surface area contributed by atoms with Gasteiger partial charge in [-0.15, -0.1) is 0 Å². The van der Waals surface area contributed by atoms with Crippen molar-refractivity contribution in [2.45, 2.75) is 19.4 Å². The number of nitrogens with two attached hydrogens (primary N) is 1. The molecule has 0 aliphatic carbocycles. The lowest BCUT2D eigenvalue weighted by Gasteiger charge is -2.15. The lowest BCUT2D eigenvalue weighted by molar-refractivity contribution is 0.250. The number of urea groups is 1. The van der Waals surface area contributed by atoms with E-state index in [9.17, 15) is 9.18 Å². The number of thiocarbonyl (C=S) groups is 1. The zero-order valence-corrected chi connectivity index (χ0v) is 10.2. The zero-order chi connectivity index (χ0) is 12.8. The van der Waals surface area contributed by atoms with Crippen molar-refractivity contribution < 1.29 is 9.18 Å². The van der Waals surface area contributed by atoms with E-state index >= 15 is 0 Å². The van der Waals surface area contributed by atoms with E-state index in [1.54, 1.807) is 0 Å². The van der Waals surface area contributed by atoms with Crippen LogP contribution in [-0.2, 0) is 0 Å². The minimum absolute atomic E-state index is 0.238. The van der Waals surface area contributed by atoms with E-state index in [1.807, 2.05) is 6.92 Å². The molecule has 0 heterocycles. The second-order valence-corrected chi connectivity index (χ2v) is 3.94. The summed E-state index contributed by atoms with van der Waals surface area (Å²) in [6, 6.07) is 4.70. The number of hydrogen-bond donors (Lipinski definition) is 3. The highest BCUT2D eigenvalue weighted by molar-refractivity contribution is 7.80. The van der Waals surface area contributed by atoms with Gasteiger partial charge in [0.25, 0.3) is 0 Å². The van der Waals surface area contributed by atoms with Crippen molar-refractivity contribution in [3.05, 3.63) is 30.1 Å². The van der Waals surface area contributed by atoms with Gasteiger partial charge in [-0.25, -0.2) is 9.18 Å². The number of carbonyl (C=O) groups excluding carboxylic acids is 1. The van der Waals surface area contributed by atoms with Crippen molar-refractivity contribution in [2.24, 2.45) is 5.73 Å². The van der Waals surface area contributed by atoms with E-state index in [2.05, 4.69) is 10.6 Å². The first-order chi connectivity index (χ1) is 8.02. The molecule has 0 bridgehead atoms. The Balaban J connectivity index is 2.54. The fourth-order valence-electron chi connectivity index (χ4n) is 1.23. The third-order valence-corrected chi connectivity index (χ3v) is 2.44. The Bertz CT molecular complexity index is 408. The summed E-state index contributed by atoms with van der Waals surface area (Å²) in [6.07, 6.45) is 0.617. The fourth-order valence-corrected chi connectivity index (χ4v) is 1.46. The van der Waals surface area contributed by atoms with Crippen LogP contribution in [0.15, 0.2) is 24.3 Å². The van der Waals surface area contributed by atoms with Gasteiger partial charge in [0, 0.05) is 5.69 Å². The van der Waals surface area contributed by atoms with Crippen LogP contribution >= 0.6 is 12.2 Å². The molecule has 0 radical (unpaired) electrons. The van der Waals surface area contributed by atoms with Gasteiger partial charge in [-0.2, -0.15) is 0 Å². The van der Waals surface area contributed by atoms with E-state index < -0.39 is 6.03 Å². The average Bonchev–Trinajstić information content (AvgIpc) is 2.28. The van der Waals surface area contributed by atoms with Gasteiger partial charge in [-0.3, -0.25) is 0 Å². The van der Waals surface area contributed by atoms with Gasteiger partial charge in [0.2, 0.25) is 0 Å². The van der Waals surface area contributed by atoms with Gasteiger partial charge in [0.1, 0.15) is 5.82 Å². The van der Waals surface area contributed by atoms with Crippen LogP contribution in [0.5, 0.6) is 0 Å². The Morgan fingerprint density at radius 1 is 1.47 bits per heavy atom. The third-order valence-electron chi connectivity index (χ3n) is 2.16. The first-order valence-corrected chi connectivity index (χ1v) is 5.56. The molecule has 1 unspecified atom stereocenters. The summed E-state index contributed by atoms with van der Waals surface area (Å²) in [5.74, 6) is -0.356. The summed E-state index contributed by atoms with van der Waals surface area (Å²) >= 11 is 4.80. The van der Waals surface area contributed by atoms with Crippen molar-refractivity contribution in [3.63, 3.8) is 0 Å². The molecule has 92 valence electrons. The van der Waals surface area contributed by atoms with Crippen LogP contribution in [0.4, 0.5) is 14.9 Å². The highest BCUT2D eigenvalue weighted by Crippen LogP contribution is 2.07. The standard InChI is InChI=1S/C11H14FN3OS/c1-2-9(10(13)17)15-11(16)14-8-5-3-7(12)4-6-8/h3-6,9H,2H2,1H3,(H2,13,17)(H2,14,15,16). The van der Waals surface area contributed by atoms with Crippen LogP contribution in [-0.4, -0.2) is 17.1 Å². The first-order valence-electron chi connectivity index (χ1n) is 5.15. The highest BCUT2D eigenvalue weighted by atomic mass is 32.1. The second-order valence-electron chi connectivity index (χ2n) is 3.47. The minimum atomic E-state index is -0.420. The van der Waals surface area contributed by atoms with E-state index in [1.165, 1.54) is 24.3 Å². The number of halogens is 1. The van der Waals surface area contributed by atoms with Crippen LogP contribution in [0.3, 0.4) is 0 Å². The maximum atomic E-state index is 12.6. The molecule has 0 fully saturated rings. The maximum Gasteiger partial charge on any atom is 0.319 e. The molecule has 0 aliphatic heterocycles. The molecule has 0 spiro atoms. The molecule has 4 nitrogen and oxygen atoms in total. The van der Waals surface area contributed by atoms with Crippen LogP contribution in [0.25, 0.3) is 0 Å². The van der Waals surface area contributed by atoms with Gasteiger partial charge in [-0.05, 0) is 30.7 Å². The Morgan fingerprint density at radius 3 is 2.53 bits per heavy atom. The number of hydrogen-bond acceptors (Lipinski definition) is 2. The van der Waals surface area contributed by atoms with E-state index in [0.29, 0.717) is 12.1 Å². The van der Waals surface area contributed by atoms with Crippen molar-refractivity contribution in [2.75, 3.05) is 5.32 Å². The number of benzene rings is 1. The number of carbonyl (C=O) groups is 1. The SMILES string of the molecule is CCC(NC(=O)Nc1ccc(F)cc1)C(N)=S. The highest BCUT2D eigenvalue weighted by Gasteiger charge is 2.12. The summed E-state index contributed by atoms with van der Waals surface area (Å²) in [4.78, 5) is 11.8. The molecule has 6 heteroatoms. The molecule has 0 saturated heterocycles. The summed E-state index contributed by atoms with van der Waals surface area (Å²) in [7, 11) is 0. The monoisotopic (exact) mass is 255 g/mol. The van der Waals surface area contributed by atoms with Crippen LogP contribution in [0.1, 0.15) is 13.3 Å². The normalized spacial score (nSPS) is 11.6. The molecule has 1 aromatic carbocycles. The molecule has 1 atom stereocenters. The number of nitrogens with one attached hydrogen (secondary N) is 2. The Kier molecular flexibility index (Phi) is 4.84. The molecule has 1 aromatic rings. The molecular formula is C11H14FN3OS. The summed E-state index contributed by atoms with van der Waals surface area (Å²) in [5, 5.41) is 5.18. The van der Waals surface area contributed by atoms with Crippen LogP contribution in [0.2, 0.25) is 0 Å². The van der Waals surface area contributed by atoms with Gasteiger partial charge in [0.15, 0.2) is 0 Å². The molecule has 17 heavy (non-hydrogen) atoms. The predicted octanol–water partition coefficient (Wildman–Crippen LogP) is 2.01. The molecule has 2 amide bonds. The quantitative estimate of drug-likeness (QED) is 0.721. The maximum absolute atomic E-state index is 12.6. The Labute approximate surface area is 104 Å². The molecule has 4 N–H and O–H groups in total. The Hall–Kier alpha value is -1.69. The number of amides is 2. The minimum Gasteiger partial charge on any atom is -0.392 e. The summed E-state index contributed by atoms with van der Waals surface area (Å²) in [5.41, 5.74) is 5.95. The molecule has 0 aliphatic rings. The first kappa shape index (κ1) is 13.4. The predicted molar refractivity (Wildman–Crippen MR) is 69.4 cm³/mol. The van der Waals surface area contributed by atoms with E-state index in [-0.39, 0.29) is 16.8 Å². The largest absolute Gasteiger partial charge is 0.392 e. The van der Waals surface area contributed by atoms with Crippen molar-refractivity contribution >= 4 is 28.9 Å². The van der Waals surface area contributed by atoms with Gasteiger partial charge in [-0.1, -0.05) is 19.1 Å². The molecule has 0 aromatic heterocycles. The smallest absolute Gasteiger partial charge is 0.319 e. The van der Waals surface area contributed by atoms with Gasteiger partial charge < -0.3 is 16.4 Å². The van der Waals surface area contributed by atoms with Crippen LogP contribution < -0.4 is 16.4 Å². The lowest BCUT2D eigenvalue weighted by Crippen LogP contribution is -2.44. The average molecular weight is 255 g/mol. The van der Waals surface area contributed by atoms with Gasteiger partial charge >= 0.3 is 6.03 Å². The van der Waals surface area contributed by atoms with E-state index in [0.717, 1.165) is 0 Å². The lowest BCUT2D eigenvalue weighted by atomic mass is 10.2. The summed E-state index contributed by atoms with van der Waals surface area (Å²) in [6.45, 7) is 1.86. The topological polar surface area (TPSA) is 67.2 Å². The molecule has 0 saturated carbocycles. The molecule has 1 rings (SSSR count). The number of rotatable bonds is 4. The summed E-state index contributed by atoms with van der Waals surface area (Å²) < 4.78 is 12.6. The number of anilines is 1. The van der Waals surface area contributed by atoms with E-state index in [4.69, 9.17) is 18.0 Å². The van der Waals surface area contributed by atoms with Crippen LogP contribution in [0, 0.1) is 5.82 Å².